The van der Waals surface area contributed by atoms with E-state index in [2.05, 4.69) is 20.5 Å². The van der Waals surface area contributed by atoms with E-state index in [1.807, 2.05) is 48.5 Å². The number of aromatic amines is 1. The number of rotatable bonds is 4. The van der Waals surface area contributed by atoms with Crippen molar-refractivity contribution in [3.05, 3.63) is 103 Å². The molecule has 0 unspecified atom stereocenters. The second-order valence-electron chi connectivity index (χ2n) is 7.84. The molecule has 0 atom stereocenters. The fourth-order valence-electron chi connectivity index (χ4n) is 3.96. The first-order valence-electron chi connectivity index (χ1n) is 10.7. The molecule has 0 saturated carbocycles. The number of fused-ring (bicyclic) bond motifs is 2. The van der Waals surface area contributed by atoms with Gasteiger partial charge >= 0.3 is 0 Å². The van der Waals surface area contributed by atoms with E-state index in [9.17, 15) is 9.18 Å². The lowest BCUT2D eigenvalue weighted by atomic mass is 10.1. The predicted molar refractivity (Wildman–Crippen MR) is 129 cm³/mol. The van der Waals surface area contributed by atoms with Crippen LogP contribution in [0.1, 0.15) is 10.4 Å². The van der Waals surface area contributed by atoms with Crippen molar-refractivity contribution >= 4 is 33.5 Å². The van der Waals surface area contributed by atoms with Crippen LogP contribution in [0, 0.1) is 5.82 Å². The van der Waals surface area contributed by atoms with Crippen molar-refractivity contribution < 1.29 is 13.6 Å². The van der Waals surface area contributed by atoms with E-state index >= 15 is 0 Å². The summed E-state index contributed by atoms with van der Waals surface area (Å²) in [4.78, 5) is 17.0. The van der Waals surface area contributed by atoms with Crippen LogP contribution in [0.25, 0.3) is 44.6 Å². The summed E-state index contributed by atoms with van der Waals surface area (Å²) in [6.45, 7) is 0. The van der Waals surface area contributed by atoms with Crippen molar-refractivity contribution in [3.63, 3.8) is 0 Å². The molecule has 6 nitrogen and oxygen atoms in total. The average Bonchev–Trinajstić information content (AvgIpc) is 3.50. The maximum atomic E-state index is 13.9. The van der Waals surface area contributed by atoms with E-state index in [1.165, 1.54) is 12.1 Å². The number of nitrogens with one attached hydrogen (secondary N) is 2. The van der Waals surface area contributed by atoms with E-state index in [1.54, 1.807) is 30.5 Å². The molecule has 2 N–H and O–H groups in total. The highest BCUT2D eigenvalue weighted by molar-refractivity contribution is 6.04. The summed E-state index contributed by atoms with van der Waals surface area (Å²) >= 11 is 0. The number of anilines is 1. The number of H-pyrrole nitrogens is 1. The summed E-state index contributed by atoms with van der Waals surface area (Å²) in [6, 6.07) is 25.0. The molecule has 6 aromatic rings. The van der Waals surface area contributed by atoms with Crippen molar-refractivity contribution in [2.75, 3.05) is 5.32 Å². The van der Waals surface area contributed by atoms with Gasteiger partial charge in [-0.1, -0.05) is 48.5 Å². The minimum atomic E-state index is -0.566. The molecule has 0 aliphatic rings. The maximum absolute atomic E-state index is 13.9. The molecule has 34 heavy (non-hydrogen) atoms. The summed E-state index contributed by atoms with van der Waals surface area (Å²) in [6.07, 6.45) is 1.74. The highest BCUT2D eigenvalue weighted by Crippen LogP contribution is 2.33. The molecule has 164 valence electrons. The van der Waals surface area contributed by atoms with E-state index in [0.717, 1.165) is 27.4 Å². The first-order chi connectivity index (χ1) is 16.7. The largest absolute Gasteiger partial charge is 0.436 e. The van der Waals surface area contributed by atoms with Crippen molar-refractivity contribution in [2.24, 2.45) is 0 Å². The first kappa shape index (κ1) is 19.9. The molecular weight excluding hydrogens is 431 g/mol. The number of amides is 1. The molecule has 6 rings (SSSR count). The maximum Gasteiger partial charge on any atom is 0.258 e. The second-order valence-corrected chi connectivity index (χ2v) is 7.84. The van der Waals surface area contributed by atoms with Crippen LogP contribution in [-0.2, 0) is 0 Å². The molecule has 2 aromatic heterocycles. The van der Waals surface area contributed by atoms with Gasteiger partial charge in [-0.3, -0.25) is 9.89 Å². The van der Waals surface area contributed by atoms with Crippen molar-refractivity contribution in [1.29, 1.82) is 0 Å². The SMILES string of the molecule is O=C(Nc1ccc(-c2n[nH]cc2-c2nc3cc4ccccc4cc3o2)cc1)c1ccccc1F. The smallest absolute Gasteiger partial charge is 0.258 e. The van der Waals surface area contributed by atoms with Crippen LogP contribution in [0.5, 0.6) is 0 Å². The minimum absolute atomic E-state index is 0.00946. The van der Waals surface area contributed by atoms with Crippen LogP contribution in [0.15, 0.2) is 95.5 Å². The van der Waals surface area contributed by atoms with Crippen LogP contribution in [0.3, 0.4) is 0 Å². The van der Waals surface area contributed by atoms with E-state index in [-0.39, 0.29) is 5.56 Å². The number of carbonyl (C=O) groups excluding carboxylic acids is 1. The molecule has 0 saturated heterocycles. The molecule has 2 heterocycles. The first-order valence-corrected chi connectivity index (χ1v) is 10.7. The lowest BCUT2D eigenvalue weighted by molar-refractivity contribution is 0.102. The van der Waals surface area contributed by atoms with E-state index in [0.29, 0.717) is 22.9 Å². The number of halogens is 1. The third-order valence-corrected chi connectivity index (χ3v) is 5.66. The van der Waals surface area contributed by atoms with Crippen molar-refractivity contribution in [3.8, 4) is 22.7 Å². The summed E-state index contributed by atoms with van der Waals surface area (Å²) in [5.74, 6) is -0.611. The Bertz CT molecular complexity index is 1620. The molecule has 0 aliphatic carbocycles. The number of carbonyl (C=O) groups is 1. The van der Waals surface area contributed by atoms with Gasteiger partial charge in [0, 0.05) is 17.4 Å². The van der Waals surface area contributed by atoms with Crippen molar-refractivity contribution in [2.45, 2.75) is 0 Å². The number of hydrogen-bond donors (Lipinski definition) is 2. The quantitative estimate of drug-likeness (QED) is 0.326. The predicted octanol–water partition coefficient (Wildman–Crippen LogP) is 6.43. The molecule has 1 amide bonds. The van der Waals surface area contributed by atoms with Gasteiger partial charge in [-0.2, -0.15) is 5.10 Å². The van der Waals surface area contributed by atoms with E-state index in [4.69, 9.17) is 4.42 Å². The van der Waals surface area contributed by atoms with Gasteiger partial charge < -0.3 is 9.73 Å². The van der Waals surface area contributed by atoms with Gasteiger partial charge in [-0.05, 0) is 47.2 Å². The lowest BCUT2D eigenvalue weighted by Crippen LogP contribution is -2.13. The standard InChI is InChI=1S/C27H17FN4O2/c28-22-8-4-3-7-20(22)26(33)30-19-11-9-16(10-12-19)25-21(15-29-32-25)27-31-23-13-17-5-1-2-6-18(17)14-24(23)34-27/h1-15H,(H,29,32)(H,30,33). The zero-order chi connectivity index (χ0) is 23.1. The zero-order valence-corrected chi connectivity index (χ0v) is 17.7. The summed E-state index contributed by atoms with van der Waals surface area (Å²) in [5.41, 5.74) is 4.21. The monoisotopic (exact) mass is 448 g/mol. The number of hydrogen-bond acceptors (Lipinski definition) is 4. The van der Waals surface area contributed by atoms with Crippen molar-refractivity contribution in [1.82, 2.24) is 15.2 Å². The van der Waals surface area contributed by atoms with Crippen LogP contribution < -0.4 is 5.32 Å². The number of aromatic nitrogens is 3. The van der Waals surface area contributed by atoms with Gasteiger partial charge in [-0.25, -0.2) is 9.37 Å². The molecule has 4 aromatic carbocycles. The average molecular weight is 448 g/mol. The lowest BCUT2D eigenvalue weighted by Gasteiger charge is -2.07. The number of nitrogens with zero attached hydrogens (tertiary/aromatic N) is 2. The minimum Gasteiger partial charge on any atom is -0.436 e. The highest BCUT2D eigenvalue weighted by Gasteiger charge is 2.17. The van der Waals surface area contributed by atoms with Gasteiger partial charge in [0.25, 0.3) is 5.91 Å². The third-order valence-electron chi connectivity index (χ3n) is 5.66. The normalized spacial score (nSPS) is 11.2. The molecule has 0 fully saturated rings. The Hall–Kier alpha value is -4.78. The van der Waals surface area contributed by atoms with E-state index < -0.39 is 11.7 Å². The van der Waals surface area contributed by atoms with Crippen LogP contribution in [0.2, 0.25) is 0 Å². The topological polar surface area (TPSA) is 83.8 Å². The number of benzene rings is 4. The van der Waals surface area contributed by atoms with Gasteiger partial charge in [-0.15, -0.1) is 0 Å². The fraction of sp³-hybridized carbons (Fsp3) is 0. The summed E-state index contributed by atoms with van der Waals surface area (Å²) < 4.78 is 19.9. The van der Waals surface area contributed by atoms with Crippen LogP contribution in [0.4, 0.5) is 10.1 Å². The van der Waals surface area contributed by atoms with Gasteiger partial charge in [0.2, 0.25) is 5.89 Å². The second kappa shape index (κ2) is 7.97. The Kier molecular flexibility index (Phi) is 4.66. The number of oxazole rings is 1. The van der Waals surface area contributed by atoms with Gasteiger partial charge in [0.1, 0.15) is 17.0 Å². The van der Waals surface area contributed by atoms with Gasteiger partial charge in [0.05, 0.1) is 11.1 Å². The molecule has 0 bridgehead atoms. The van der Waals surface area contributed by atoms with Gasteiger partial charge in [0.15, 0.2) is 5.58 Å². The summed E-state index contributed by atoms with van der Waals surface area (Å²) in [7, 11) is 0. The molecule has 0 spiro atoms. The molecule has 0 aliphatic heterocycles. The Morgan fingerprint density at radius 2 is 1.65 bits per heavy atom. The highest BCUT2D eigenvalue weighted by atomic mass is 19.1. The summed E-state index contributed by atoms with van der Waals surface area (Å²) in [5, 5.41) is 12.1. The zero-order valence-electron chi connectivity index (χ0n) is 17.7. The molecule has 0 radical (unpaired) electrons. The Balaban J connectivity index is 1.29. The third kappa shape index (κ3) is 3.49. The van der Waals surface area contributed by atoms with Crippen LogP contribution in [-0.4, -0.2) is 21.1 Å². The molecular formula is C27H17FN4O2. The fourth-order valence-corrected chi connectivity index (χ4v) is 3.96. The van der Waals surface area contributed by atoms with Crippen LogP contribution >= 0.6 is 0 Å². The Morgan fingerprint density at radius 3 is 2.44 bits per heavy atom. The Labute approximate surface area is 193 Å². The molecule has 7 heteroatoms. The Morgan fingerprint density at radius 1 is 0.912 bits per heavy atom.